The lowest BCUT2D eigenvalue weighted by Gasteiger charge is -2.39. The molecule has 166 valence electrons. The van der Waals surface area contributed by atoms with Crippen LogP contribution >= 0.6 is 0 Å². The molecular weight excluding hydrogens is 412 g/mol. The van der Waals surface area contributed by atoms with Gasteiger partial charge in [-0.15, -0.1) is 0 Å². The number of aromatic nitrogens is 1. The molecule has 0 amide bonds. The maximum Gasteiger partial charge on any atom is 0.202 e. The Labute approximate surface area is 193 Å². The lowest BCUT2D eigenvalue weighted by Crippen LogP contribution is -2.42. The van der Waals surface area contributed by atoms with Crippen LogP contribution in [0.25, 0.3) is 11.3 Å². The van der Waals surface area contributed by atoms with E-state index in [0.29, 0.717) is 24.4 Å². The molecule has 2 aromatic heterocycles. The van der Waals surface area contributed by atoms with Gasteiger partial charge in [-0.25, -0.2) is 4.98 Å². The van der Waals surface area contributed by atoms with E-state index in [9.17, 15) is 9.90 Å². The molecule has 1 fully saturated rings. The van der Waals surface area contributed by atoms with Crippen molar-refractivity contribution in [2.75, 3.05) is 18.0 Å². The van der Waals surface area contributed by atoms with Crippen LogP contribution in [-0.4, -0.2) is 29.0 Å². The summed E-state index contributed by atoms with van der Waals surface area (Å²) in [5, 5.41) is 11.0. The molecule has 1 aliphatic rings. The fourth-order valence-electron chi connectivity index (χ4n) is 4.37. The van der Waals surface area contributed by atoms with Crippen molar-refractivity contribution >= 4 is 11.6 Å². The summed E-state index contributed by atoms with van der Waals surface area (Å²) in [4.78, 5) is 19.5. The van der Waals surface area contributed by atoms with Gasteiger partial charge in [0, 0.05) is 31.3 Å². The molecule has 0 bridgehead atoms. The van der Waals surface area contributed by atoms with E-state index in [0.717, 1.165) is 35.6 Å². The molecule has 33 heavy (non-hydrogen) atoms. The summed E-state index contributed by atoms with van der Waals surface area (Å²) in [5.74, 6) is 1.84. The predicted octanol–water partition coefficient (Wildman–Crippen LogP) is 5.26. The second-order valence-electron chi connectivity index (χ2n) is 8.54. The second-order valence-corrected chi connectivity index (χ2v) is 8.54. The van der Waals surface area contributed by atoms with E-state index in [4.69, 9.17) is 4.42 Å². The Bertz CT molecular complexity index is 1210. The third-order valence-corrected chi connectivity index (χ3v) is 6.34. The van der Waals surface area contributed by atoms with Crippen molar-refractivity contribution in [2.45, 2.75) is 24.9 Å². The number of anilines is 1. The Morgan fingerprint density at radius 3 is 2.27 bits per heavy atom. The van der Waals surface area contributed by atoms with E-state index in [1.165, 1.54) is 0 Å². The minimum atomic E-state index is -0.786. The van der Waals surface area contributed by atoms with Crippen LogP contribution in [0, 0.1) is 0 Å². The van der Waals surface area contributed by atoms with Gasteiger partial charge in [0.15, 0.2) is 5.76 Å². The molecule has 0 aliphatic carbocycles. The molecular formula is C28H26N2O3. The Balaban J connectivity index is 1.20. The molecule has 1 aliphatic heterocycles. The second kappa shape index (κ2) is 9.04. The monoisotopic (exact) mass is 438 g/mol. The van der Waals surface area contributed by atoms with E-state index in [1.54, 1.807) is 12.3 Å². The fraction of sp³-hybridized carbons (Fsp3) is 0.214. The number of carbonyl (C=O) groups excluding carboxylic acids is 1. The van der Waals surface area contributed by atoms with E-state index >= 15 is 0 Å². The maximum atomic E-state index is 12.7. The van der Waals surface area contributed by atoms with Gasteiger partial charge >= 0.3 is 0 Å². The van der Waals surface area contributed by atoms with Crippen molar-refractivity contribution in [3.63, 3.8) is 0 Å². The Kier molecular flexibility index (Phi) is 5.80. The topological polar surface area (TPSA) is 66.6 Å². The maximum absolute atomic E-state index is 12.7. The molecule has 5 rings (SSSR count). The number of benzene rings is 2. The molecule has 5 heteroatoms. The predicted molar refractivity (Wildman–Crippen MR) is 128 cm³/mol. The zero-order valence-electron chi connectivity index (χ0n) is 18.4. The largest absolute Gasteiger partial charge is 0.453 e. The Hall–Kier alpha value is -3.70. The molecule has 5 nitrogen and oxygen atoms in total. The average molecular weight is 439 g/mol. The zero-order valence-corrected chi connectivity index (χ0v) is 18.4. The first-order valence-electron chi connectivity index (χ1n) is 11.3. The van der Waals surface area contributed by atoms with Gasteiger partial charge < -0.3 is 14.4 Å². The molecule has 3 heterocycles. The number of ketones is 1. The highest BCUT2D eigenvalue weighted by atomic mass is 16.3. The Morgan fingerprint density at radius 1 is 0.909 bits per heavy atom. The summed E-state index contributed by atoms with van der Waals surface area (Å²) in [6.45, 7) is 1.46. The van der Waals surface area contributed by atoms with Crippen LogP contribution in [0.1, 0.15) is 34.5 Å². The van der Waals surface area contributed by atoms with Crippen molar-refractivity contribution < 1.29 is 14.3 Å². The van der Waals surface area contributed by atoms with Gasteiger partial charge in [0.2, 0.25) is 5.78 Å². The quantitative estimate of drug-likeness (QED) is 0.416. The highest BCUT2D eigenvalue weighted by molar-refractivity contribution is 5.95. The van der Waals surface area contributed by atoms with Crippen LogP contribution in [-0.2, 0) is 12.0 Å². The molecule has 4 aromatic rings. The Morgan fingerprint density at radius 2 is 1.61 bits per heavy atom. The molecule has 0 radical (unpaired) electrons. The summed E-state index contributed by atoms with van der Waals surface area (Å²) >= 11 is 0. The number of hydrogen-bond acceptors (Lipinski definition) is 5. The first-order chi connectivity index (χ1) is 16.1. The molecule has 1 N–H and O–H groups in total. The summed E-state index contributed by atoms with van der Waals surface area (Å²) in [6.07, 6.45) is 3.30. The first-order valence-corrected chi connectivity index (χ1v) is 11.3. The molecule has 0 unspecified atom stereocenters. The molecule has 0 spiro atoms. The highest BCUT2D eigenvalue weighted by Gasteiger charge is 2.34. The van der Waals surface area contributed by atoms with Gasteiger partial charge in [-0.05, 0) is 42.2 Å². The number of carbonyl (C=O) groups is 1. The van der Waals surface area contributed by atoms with E-state index < -0.39 is 5.60 Å². The molecule has 1 saturated heterocycles. The van der Waals surface area contributed by atoms with Gasteiger partial charge in [0.05, 0.1) is 5.60 Å². The van der Waals surface area contributed by atoms with Crippen LogP contribution in [0.15, 0.2) is 95.5 Å². The van der Waals surface area contributed by atoms with Crippen molar-refractivity contribution in [1.29, 1.82) is 0 Å². The van der Waals surface area contributed by atoms with Crippen LogP contribution in [0.5, 0.6) is 0 Å². The summed E-state index contributed by atoms with van der Waals surface area (Å²) in [7, 11) is 0. The highest BCUT2D eigenvalue weighted by Crippen LogP contribution is 2.34. The molecule has 0 atom stereocenters. The number of aliphatic hydroxyl groups is 1. The van der Waals surface area contributed by atoms with Gasteiger partial charge in [0.25, 0.3) is 0 Å². The SMILES string of the molecule is O=C(Cc1ccc(N2CCC(O)(c3ccccc3)CC2)nc1)c1ccc(-c2ccccc2)o1. The van der Waals surface area contributed by atoms with E-state index in [-0.39, 0.29) is 12.2 Å². The number of hydrogen-bond donors (Lipinski definition) is 1. The number of nitrogens with zero attached hydrogens (tertiary/aromatic N) is 2. The summed E-state index contributed by atoms with van der Waals surface area (Å²) in [5.41, 5.74) is 1.98. The smallest absolute Gasteiger partial charge is 0.202 e. The normalized spacial score (nSPS) is 15.4. The van der Waals surface area contributed by atoms with Crippen molar-refractivity contribution in [2.24, 2.45) is 0 Å². The van der Waals surface area contributed by atoms with Crippen molar-refractivity contribution in [1.82, 2.24) is 4.98 Å². The zero-order chi connectivity index (χ0) is 22.7. The first kappa shape index (κ1) is 21.2. The van der Waals surface area contributed by atoms with Crippen molar-refractivity contribution in [3.05, 3.63) is 108 Å². The van der Waals surface area contributed by atoms with E-state index in [1.807, 2.05) is 78.9 Å². The number of furan rings is 1. The van der Waals surface area contributed by atoms with Crippen LogP contribution in [0.4, 0.5) is 5.82 Å². The van der Waals surface area contributed by atoms with Gasteiger partial charge in [-0.1, -0.05) is 66.7 Å². The molecule has 2 aromatic carbocycles. The van der Waals surface area contributed by atoms with Crippen LogP contribution in [0.2, 0.25) is 0 Å². The van der Waals surface area contributed by atoms with Crippen LogP contribution in [0.3, 0.4) is 0 Å². The van der Waals surface area contributed by atoms with E-state index in [2.05, 4.69) is 9.88 Å². The number of Topliss-reactive ketones (excluding diaryl/α,β-unsaturated/α-hetero) is 1. The summed E-state index contributed by atoms with van der Waals surface area (Å²) < 4.78 is 5.78. The minimum Gasteiger partial charge on any atom is -0.453 e. The van der Waals surface area contributed by atoms with Gasteiger partial charge in [-0.2, -0.15) is 0 Å². The minimum absolute atomic E-state index is 0.0716. The number of pyridine rings is 1. The van der Waals surface area contributed by atoms with Crippen molar-refractivity contribution in [3.8, 4) is 11.3 Å². The lowest BCUT2D eigenvalue weighted by molar-refractivity contribution is 0.0116. The molecule has 0 saturated carbocycles. The van der Waals surface area contributed by atoms with Crippen LogP contribution < -0.4 is 4.90 Å². The third kappa shape index (κ3) is 4.59. The number of piperidine rings is 1. The average Bonchev–Trinajstić information content (AvgIpc) is 3.37. The fourth-order valence-corrected chi connectivity index (χ4v) is 4.37. The standard InChI is InChI=1S/C28H26N2O3/c31-24(26-13-12-25(33-26)22-7-3-1-4-8-22)19-21-11-14-27(29-20-21)30-17-15-28(32,16-18-30)23-9-5-2-6-10-23/h1-14,20,32H,15-19H2. The van der Waals surface area contributed by atoms with Gasteiger partial charge in [-0.3, -0.25) is 4.79 Å². The number of rotatable bonds is 6. The third-order valence-electron chi connectivity index (χ3n) is 6.34. The lowest BCUT2D eigenvalue weighted by atomic mass is 9.84. The summed E-state index contributed by atoms with van der Waals surface area (Å²) in [6, 6.07) is 27.1. The van der Waals surface area contributed by atoms with Gasteiger partial charge in [0.1, 0.15) is 11.6 Å².